The number of anilines is 2. The second-order valence-electron chi connectivity index (χ2n) is 5.89. The topological polar surface area (TPSA) is 61.4 Å². The number of carbonyl (C=O) groups excluding carboxylic acids is 2. The minimum atomic E-state index is -0.340. The highest BCUT2D eigenvalue weighted by Crippen LogP contribution is 2.24. The van der Waals surface area contributed by atoms with E-state index in [0.717, 1.165) is 0 Å². The van der Waals surface area contributed by atoms with Crippen molar-refractivity contribution in [3.05, 3.63) is 59.4 Å². The largest absolute Gasteiger partial charge is 0.338 e. The van der Waals surface area contributed by atoms with Crippen molar-refractivity contribution in [3.63, 3.8) is 0 Å². The van der Waals surface area contributed by atoms with Crippen molar-refractivity contribution in [2.45, 2.75) is 6.42 Å². The molecule has 1 atom stereocenters. The Labute approximate surface area is 149 Å². The van der Waals surface area contributed by atoms with Gasteiger partial charge >= 0.3 is 6.03 Å². The molecule has 130 valence electrons. The summed E-state index contributed by atoms with van der Waals surface area (Å²) in [5.74, 6) is -0.363. The summed E-state index contributed by atoms with van der Waals surface area (Å²) in [6.07, 6.45) is 0.346. The minimum absolute atomic E-state index is 0.00789. The summed E-state index contributed by atoms with van der Waals surface area (Å²) in [7, 11) is 0. The lowest BCUT2D eigenvalue weighted by atomic mass is 10.1. The number of amides is 3. The van der Waals surface area contributed by atoms with Gasteiger partial charge in [0, 0.05) is 41.8 Å². The first kappa shape index (κ1) is 17.2. The molecule has 1 heterocycles. The molecule has 1 aliphatic heterocycles. The summed E-state index contributed by atoms with van der Waals surface area (Å²) in [5.41, 5.74) is 1.30. The van der Waals surface area contributed by atoms with Gasteiger partial charge in [-0.05, 0) is 48.5 Å². The van der Waals surface area contributed by atoms with Gasteiger partial charge in [0.05, 0.1) is 0 Å². The molecule has 3 rings (SSSR count). The Kier molecular flexibility index (Phi) is 5.19. The summed E-state index contributed by atoms with van der Waals surface area (Å²) in [6, 6.07) is 12.3. The molecule has 2 aromatic rings. The third-order valence-electron chi connectivity index (χ3n) is 4.00. The Hall–Kier alpha value is -2.60. The van der Waals surface area contributed by atoms with Crippen LogP contribution >= 0.6 is 11.6 Å². The molecule has 0 spiro atoms. The Morgan fingerprint density at radius 2 is 1.84 bits per heavy atom. The van der Waals surface area contributed by atoms with Gasteiger partial charge in [0.1, 0.15) is 5.82 Å². The van der Waals surface area contributed by atoms with E-state index < -0.39 is 0 Å². The fourth-order valence-corrected chi connectivity index (χ4v) is 2.86. The van der Waals surface area contributed by atoms with Crippen molar-refractivity contribution in [2.75, 3.05) is 23.3 Å². The number of hydrogen-bond donors (Lipinski definition) is 2. The van der Waals surface area contributed by atoms with E-state index in [-0.39, 0.29) is 23.7 Å². The van der Waals surface area contributed by atoms with E-state index in [9.17, 15) is 14.0 Å². The summed E-state index contributed by atoms with van der Waals surface area (Å²) in [5, 5.41) is 6.07. The molecule has 1 fully saturated rings. The van der Waals surface area contributed by atoms with Crippen LogP contribution in [-0.2, 0) is 4.79 Å². The predicted molar refractivity (Wildman–Crippen MR) is 95.3 cm³/mol. The van der Waals surface area contributed by atoms with Crippen molar-refractivity contribution in [2.24, 2.45) is 5.92 Å². The average molecular weight is 362 g/mol. The van der Waals surface area contributed by atoms with E-state index in [1.165, 1.54) is 12.1 Å². The van der Waals surface area contributed by atoms with Crippen LogP contribution in [-0.4, -0.2) is 25.0 Å². The van der Waals surface area contributed by atoms with Crippen molar-refractivity contribution in [1.82, 2.24) is 5.32 Å². The van der Waals surface area contributed by atoms with E-state index in [2.05, 4.69) is 10.6 Å². The first-order valence-electron chi connectivity index (χ1n) is 7.87. The standard InChI is InChI=1S/C18H17ClFN3O2/c19-13-1-5-15(6-2-13)22-18(25)21-10-12-9-17(24)23(11-12)16-7-3-14(20)4-8-16/h1-8,12H,9-11H2,(H2,21,22,25)/t12-/m0/s1. The number of halogens is 2. The van der Waals surface area contributed by atoms with Gasteiger partial charge in [0.2, 0.25) is 5.91 Å². The molecule has 0 aromatic heterocycles. The zero-order valence-corrected chi connectivity index (χ0v) is 14.1. The van der Waals surface area contributed by atoms with Crippen LogP contribution in [0.5, 0.6) is 0 Å². The van der Waals surface area contributed by atoms with E-state index in [1.54, 1.807) is 41.3 Å². The van der Waals surface area contributed by atoms with E-state index >= 15 is 0 Å². The number of rotatable bonds is 4. The zero-order valence-electron chi connectivity index (χ0n) is 13.3. The first-order valence-corrected chi connectivity index (χ1v) is 8.25. The molecule has 0 bridgehead atoms. The highest BCUT2D eigenvalue weighted by molar-refractivity contribution is 6.30. The smallest absolute Gasteiger partial charge is 0.319 e. The molecule has 5 nitrogen and oxygen atoms in total. The van der Waals surface area contributed by atoms with Crippen LogP contribution in [0.1, 0.15) is 6.42 Å². The van der Waals surface area contributed by atoms with Gasteiger partial charge in [0.15, 0.2) is 0 Å². The normalized spacial score (nSPS) is 16.8. The molecule has 2 N–H and O–H groups in total. The van der Waals surface area contributed by atoms with Crippen molar-refractivity contribution in [1.29, 1.82) is 0 Å². The van der Waals surface area contributed by atoms with Gasteiger partial charge in [-0.2, -0.15) is 0 Å². The summed E-state index contributed by atoms with van der Waals surface area (Å²) in [6.45, 7) is 0.870. The van der Waals surface area contributed by atoms with Gasteiger partial charge in [-0.1, -0.05) is 11.6 Å². The molecule has 0 radical (unpaired) electrons. The van der Waals surface area contributed by atoms with Crippen molar-refractivity contribution >= 4 is 34.9 Å². The first-order chi connectivity index (χ1) is 12.0. The summed E-state index contributed by atoms with van der Waals surface area (Å²) < 4.78 is 13.0. The third-order valence-corrected chi connectivity index (χ3v) is 4.25. The highest BCUT2D eigenvalue weighted by Gasteiger charge is 2.30. The van der Waals surface area contributed by atoms with Gasteiger partial charge in [-0.3, -0.25) is 4.79 Å². The molecule has 0 aliphatic carbocycles. The fraction of sp³-hybridized carbons (Fsp3) is 0.222. The fourth-order valence-electron chi connectivity index (χ4n) is 2.73. The number of benzene rings is 2. The number of nitrogens with one attached hydrogen (secondary N) is 2. The molecule has 0 saturated carbocycles. The van der Waals surface area contributed by atoms with Gasteiger partial charge < -0.3 is 15.5 Å². The Morgan fingerprint density at radius 3 is 2.52 bits per heavy atom. The molecule has 1 aliphatic rings. The van der Waals surface area contributed by atoms with Gasteiger partial charge in [-0.25, -0.2) is 9.18 Å². The third kappa shape index (κ3) is 4.48. The lowest BCUT2D eigenvalue weighted by Gasteiger charge is -2.17. The van der Waals surface area contributed by atoms with Crippen LogP contribution in [0.4, 0.5) is 20.6 Å². The molecule has 1 saturated heterocycles. The number of nitrogens with zero attached hydrogens (tertiary/aromatic N) is 1. The van der Waals surface area contributed by atoms with Gasteiger partial charge in [0.25, 0.3) is 0 Å². The molecular weight excluding hydrogens is 345 g/mol. The minimum Gasteiger partial charge on any atom is -0.338 e. The van der Waals surface area contributed by atoms with Crippen molar-refractivity contribution in [3.8, 4) is 0 Å². The Morgan fingerprint density at radius 1 is 1.16 bits per heavy atom. The van der Waals surface area contributed by atoms with Crippen molar-refractivity contribution < 1.29 is 14.0 Å². The monoisotopic (exact) mass is 361 g/mol. The molecular formula is C18H17ClFN3O2. The van der Waals surface area contributed by atoms with Crippen LogP contribution in [0.2, 0.25) is 5.02 Å². The quantitative estimate of drug-likeness (QED) is 0.873. The zero-order chi connectivity index (χ0) is 17.8. The number of urea groups is 1. The van der Waals surface area contributed by atoms with Crippen LogP contribution in [0.3, 0.4) is 0 Å². The summed E-state index contributed by atoms with van der Waals surface area (Å²) >= 11 is 5.80. The number of hydrogen-bond acceptors (Lipinski definition) is 2. The Balaban J connectivity index is 1.50. The maximum absolute atomic E-state index is 13.0. The SMILES string of the molecule is O=C(NC[C@@H]1CC(=O)N(c2ccc(F)cc2)C1)Nc1ccc(Cl)cc1. The van der Waals surface area contributed by atoms with E-state index in [1.807, 2.05) is 0 Å². The lowest BCUT2D eigenvalue weighted by molar-refractivity contribution is -0.117. The molecule has 3 amide bonds. The highest BCUT2D eigenvalue weighted by atomic mass is 35.5. The van der Waals surface area contributed by atoms with Crippen LogP contribution in [0.15, 0.2) is 48.5 Å². The second kappa shape index (κ2) is 7.53. The predicted octanol–water partition coefficient (Wildman–Crippen LogP) is 3.65. The molecule has 7 heteroatoms. The number of carbonyl (C=O) groups is 2. The lowest BCUT2D eigenvalue weighted by Crippen LogP contribution is -2.34. The summed E-state index contributed by atoms with van der Waals surface area (Å²) in [4.78, 5) is 25.7. The molecule has 0 unspecified atom stereocenters. The Bertz CT molecular complexity index is 765. The van der Waals surface area contributed by atoms with E-state index in [4.69, 9.17) is 11.6 Å². The molecule has 25 heavy (non-hydrogen) atoms. The van der Waals surface area contributed by atoms with Gasteiger partial charge in [-0.15, -0.1) is 0 Å². The maximum atomic E-state index is 13.0. The molecule has 2 aromatic carbocycles. The van der Waals surface area contributed by atoms with Crippen LogP contribution < -0.4 is 15.5 Å². The van der Waals surface area contributed by atoms with Crippen LogP contribution in [0, 0.1) is 11.7 Å². The van der Waals surface area contributed by atoms with Crippen LogP contribution in [0.25, 0.3) is 0 Å². The maximum Gasteiger partial charge on any atom is 0.319 e. The van der Waals surface area contributed by atoms with E-state index in [0.29, 0.717) is 35.9 Å². The average Bonchev–Trinajstić information content (AvgIpc) is 2.97. The second-order valence-corrected chi connectivity index (χ2v) is 6.33.